The molecule has 0 spiro atoms. The molecule has 0 bridgehead atoms. The van der Waals surface area contributed by atoms with Crippen molar-refractivity contribution in [3.05, 3.63) is 60.4 Å². The Hall–Kier alpha value is -2.40. The molecule has 1 fully saturated rings. The van der Waals surface area contributed by atoms with E-state index >= 15 is 0 Å². The Kier molecular flexibility index (Phi) is 6.01. The Morgan fingerprint density at radius 2 is 1.84 bits per heavy atom. The number of amides is 1. The number of anilines is 1. The van der Waals surface area contributed by atoms with Crippen molar-refractivity contribution >= 4 is 11.6 Å². The van der Waals surface area contributed by atoms with Crippen LogP contribution in [0.25, 0.3) is 0 Å². The van der Waals surface area contributed by atoms with E-state index in [0.717, 1.165) is 32.4 Å². The number of aromatic nitrogens is 1. The highest BCUT2D eigenvalue weighted by Crippen LogP contribution is 2.24. The third-order valence-electron chi connectivity index (χ3n) is 4.86. The first-order valence-electron chi connectivity index (χ1n) is 8.90. The number of nitrogens with one attached hydrogen (secondary N) is 1. The average molecular weight is 339 g/mol. The standard InChI is InChI=1S/C20H25N3O2/c24-19(17-4-2-1-3-5-17)20(25)22-13-6-16-9-14-23(15-10-16)18-7-11-21-12-8-18/h1-5,7-8,11-12,16,19,24H,6,9-10,13-15H2,(H,22,25). The van der Waals surface area contributed by atoms with E-state index in [2.05, 4.69) is 15.2 Å². The average Bonchev–Trinajstić information content (AvgIpc) is 2.69. The van der Waals surface area contributed by atoms with E-state index in [1.54, 1.807) is 12.1 Å². The smallest absolute Gasteiger partial charge is 0.253 e. The first-order chi connectivity index (χ1) is 12.2. The van der Waals surface area contributed by atoms with Crippen LogP contribution in [-0.2, 0) is 4.79 Å². The Labute approximate surface area is 148 Å². The molecule has 1 atom stereocenters. The summed E-state index contributed by atoms with van der Waals surface area (Å²) in [5.74, 6) is 0.299. The molecule has 0 radical (unpaired) electrons. The van der Waals surface area contributed by atoms with Crippen LogP contribution in [-0.4, -0.2) is 35.6 Å². The van der Waals surface area contributed by atoms with Crippen LogP contribution >= 0.6 is 0 Å². The van der Waals surface area contributed by atoms with Crippen molar-refractivity contribution in [2.45, 2.75) is 25.4 Å². The van der Waals surface area contributed by atoms with Crippen molar-refractivity contribution in [2.24, 2.45) is 5.92 Å². The van der Waals surface area contributed by atoms with Crippen LogP contribution in [0.1, 0.15) is 30.9 Å². The fraction of sp³-hybridized carbons (Fsp3) is 0.400. The molecule has 25 heavy (non-hydrogen) atoms. The molecule has 1 aliphatic heterocycles. The van der Waals surface area contributed by atoms with E-state index in [1.807, 2.05) is 42.7 Å². The van der Waals surface area contributed by atoms with Gasteiger partial charge in [0.15, 0.2) is 6.10 Å². The minimum absolute atomic E-state index is 0.319. The molecule has 132 valence electrons. The highest BCUT2D eigenvalue weighted by atomic mass is 16.3. The molecule has 2 heterocycles. The van der Waals surface area contributed by atoms with Gasteiger partial charge in [0.2, 0.25) is 0 Å². The number of pyridine rings is 1. The Morgan fingerprint density at radius 3 is 2.52 bits per heavy atom. The Bertz CT molecular complexity index is 655. The van der Waals surface area contributed by atoms with Crippen LogP contribution in [0, 0.1) is 5.92 Å². The molecule has 1 aliphatic rings. The number of hydrogen-bond donors (Lipinski definition) is 2. The number of carbonyl (C=O) groups excluding carboxylic acids is 1. The lowest BCUT2D eigenvalue weighted by atomic mass is 9.93. The van der Waals surface area contributed by atoms with Crippen molar-refractivity contribution in [3.8, 4) is 0 Å². The van der Waals surface area contributed by atoms with Gasteiger partial charge in [-0.2, -0.15) is 0 Å². The van der Waals surface area contributed by atoms with Gasteiger partial charge in [0.05, 0.1) is 0 Å². The molecule has 2 N–H and O–H groups in total. The van der Waals surface area contributed by atoms with E-state index in [1.165, 1.54) is 5.69 Å². The fourth-order valence-electron chi connectivity index (χ4n) is 3.32. The van der Waals surface area contributed by atoms with Crippen molar-refractivity contribution < 1.29 is 9.90 Å². The number of piperidine rings is 1. The van der Waals surface area contributed by atoms with Crippen LogP contribution in [0.15, 0.2) is 54.9 Å². The minimum Gasteiger partial charge on any atom is -0.378 e. The maximum atomic E-state index is 12.0. The third kappa shape index (κ3) is 4.79. The van der Waals surface area contributed by atoms with E-state index < -0.39 is 6.10 Å². The lowest BCUT2D eigenvalue weighted by Gasteiger charge is -2.33. The zero-order chi connectivity index (χ0) is 17.5. The highest BCUT2D eigenvalue weighted by molar-refractivity contribution is 5.81. The van der Waals surface area contributed by atoms with Gasteiger partial charge in [0.25, 0.3) is 5.91 Å². The van der Waals surface area contributed by atoms with Gasteiger partial charge in [-0.1, -0.05) is 30.3 Å². The predicted octanol–water partition coefficient (Wildman–Crippen LogP) is 2.54. The largest absolute Gasteiger partial charge is 0.378 e. The summed E-state index contributed by atoms with van der Waals surface area (Å²) in [6.45, 7) is 2.69. The summed E-state index contributed by atoms with van der Waals surface area (Å²) in [6, 6.07) is 13.1. The van der Waals surface area contributed by atoms with Gasteiger partial charge in [-0.25, -0.2) is 0 Å². The van der Waals surface area contributed by atoms with Crippen molar-refractivity contribution in [3.63, 3.8) is 0 Å². The van der Waals surface area contributed by atoms with E-state index in [-0.39, 0.29) is 5.91 Å². The van der Waals surface area contributed by atoms with Gasteiger partial charge in [-0.05, 0) is 42.9 Å². The van der Waals surface area contributed by atoms with Gasteiger partial charge in [0, 0.05) is 37.7 Å². The molecule has 1 aromatic heterocycles. The Morgan fingerprint density at radius 1 is 1.16 bits per heavy atom. The van der Waals surface area contributed by atoms with Gasteiger partial charge >= 0.3 is 0 Å². The lowest BCUT2D eigenvalue weighted by Crippen LogP contribution is -2.36. The number of benzene rings is 1. The molecular weight excluding hydrogens is 314 g/mol. The summed E-state index contributed by atoms with van der Waals surface area (Å²) in [5.41, 5.74) is 1.86. The van der Waals surface area contributed by atoms with E-state index in [9.17, 15) is 9.90 Å². The molecule has 3 rings (SSSR count). The second-order valence-corrected chi connectivity index (χ2v) is 6.53. The van der Waals surface area contributed by atoms with Crippen LogP contribution < -0.4 is 10.2 Å². The third-order valence-corrected chi connectivity index (χ3v) is 4.86. The summed E-state index contributed by atoms with van der Waals surface area (Å²) in [6.07, 6.45) is 5.77. The van der Waals surface area contributed by atoms with Gasteiger partial charge in [-0.3, -0.25) is 9.78 Å². The molecule has 1 unspecified atom stereocenters. The van der Waals surface area contributed by atoms with E-state index in [4.69, 9.17) is 0 Å². The molecule has 1 amide bonds. The maximum Gasteiger partial charge on any atom is 0.253 e. The topological polar surface area (TPSA) is 65.5 Å². The quantitative estimate of drug-likeness (QED) is 0.849. The number of aliphatic hydroxyl groups is 1. The van der Waals surface area contributed by atoms with Gasteiger partial charge < -0.3 is 15.3 Å². The van der Waals surface area contributed by atoms with Gasteiger partial charge in [-0.15, -0.1) is 0 Å². The molecule has 5 heteroatoms. The van der Waals surface area contributed by atoms with E-state index in [0.29, 0.717) is 18.0 Å². The summed E-state index contributed by atoms with van der Waals surface area (Å²) in [7, 11) is 0. The van der Waals surface area contributed by atoms with Crippen molar-refractivity contribution in [2.75, 3.05) is 24.5 Å². The normalized spacial score (nSPS) is 16.4. The number of aliphatic hydroxyl groups excluding tert-OH is 1. The van der Waals surface area contributed by atoms with Crippen molar-refractivity contribution in [1.29, 1.82) is 0 Å². The summed E-state index contributed by atoms with van der Waals surface area (Å²) < 4.78 is 0. The minimum atomic E-state index is -1.09. The number of nitrogens with zero attached hydrogens (tertiary/aromatic N) is 2. The molecule has 0 saturated carbocycles. The SMILES string of the molecule is O=C(NCCC1CCN(c2ccncc2)CC1)C(O)c1ccccc1. The lowest BCUT2D eigenvalue weighted by molar-refractivity contribution is -0.129. The first-order valence-corrected chi connectivity index (χ1v) is 8.90. The Balaban J connectivity index is 1.38. The van der Waals surface area contributed by atoms with Gasteiger partial charge in [0.1, 0.15) is 0 Å². The maximum absolute atomic E-state index is 12.0. The fourth-order valence-corrected chi connectivity index (χ4v) is 3.32. The molecule has 5 nitrogen and oxygen atoms in total. The molecule has 0 aliphatic carbocycles. The monoisotopic (exact) mass is 339 g/mol. The molecule has 2 aromatic rings. The highest BCUT2D eigenvalue weighted by Gasteiger charge is 2.20. The second-order valence-electron chi connectivity index (χ2n) is 6.53. The predicted molar refractivity (Wildman–Crippen MR) is 98.2 cm³/mol. The zero-order valence-electron chi connectivity index (χ0n) is 14.3. The van der Waals surface area contributed by atoms with Crippen LogP contribution in [0.3, 0.4) is 0 Å². The summed E-state index contributed by atoms with van der Waals surface area (Å²) >= 11 is 0. The number of rotatable bonds is 6. The van der Waals surface area contributed by atoms with Crippen LogP contribution in [0.4, 0.5) is 5.69 Å². The molecule has 1 saturated heterocycles. The van der Waals surface area contributed by atoms with Crippen LogP contribution in [0.2, 0.25) is 0 Å². The molecule has 1 aromatic carbocycles. The summed E-state index contributed by atoms with van der Waals surface area (Å²) in [5, 5.41) is 12.9. The second kappa shape index (κ2) is 8.62. The zero-order valence-corrected chi connectivity index (χ0v) is 14.3. The first kappa shape index (κ1) is 17.4. The van der Waals surface area contributed by atoms with Crippen molar-refractivity contribution in [1.82, 2.24) is 10.3 Å². The molecular formula is C20H25N3O2. The number of carbonyl (C=O) groups is 1. The van der Waals surface area contributed by atoms with Crippen LogP contribution in [0.5, 0.6) is 0 Å². The summed E-state index contributed by atoms with van der Waals surface area (Å²) in [4.78, 5) is 18.5. The number of hydrogen-bond acceptors (Lipinski definition) is 4.